The van der Waals surface area contributed by atoms with Crippen molar-refractivity contribution >= 4 is 23.5 Å². The topological polar surface area (TPSA) is 61.4 Å². The van der Waals surface area contributed by atoms with Crippen molar-refractivity contribution in [2.75, 3.05) is 11.9 Å². The number of aliphatic hydroxyl groups excluding tert-OH is 1. The summed E-state index contributed by atoms with van der Waals surface area (Å²) in [6.45, 7) is 10.3. The summed E-state index contributed by atoms with van der Waals surface area (Å²) in [6, 6.07) is 7.54. The highest BCUT2D eigenvalue weighted by atomic mass is 32.2. The molecule has 0 aliphatic rings. The van der Waals surface area contributed by atoms with Gasteiger partial charge in [-0.05, 0) is 44.5 Å². The van der Waals surface area contributed by atoms with E-state index in [1.54, 1.807) is 11.8 Å². The number of hydrogen-bond acceptors (Lipinski definition) is 3. The van der Waals surface area contributed by atoms with E-state index in [0.29, 0.717) is 6.42 Å². The molecule has 1 aromatic rings. The van der Waals surface area contributed by atoms with Gasteiger partial charge >= 0.3 is 6.03 Å². The summed E-state index contributed by atoms with van der Waals surface area (Å²) in [6.07, 6.45) is 0.515. The van der Waals surface area contributed by atoms with Crippen molar-refractivity contribution in [3.63, 3.8) is 0 Å². The van der Waals surface area contributed by atoms with Crippen molar-refractivity contribution in [2.45, 2.75) is 56.2 Å². The molecule has 0 heterocycles. The molecule has 0 aliphatic carbocycles. The second-order valence-electron chi connectivity index (χ2n) is 6.68. The number of nitrogens with one attached hydrogen (secondary N) is 2. The Balaban J connectivity index is 2.58. The van der Waals surface area contributed by atoms with E-state index in [9.17, 15) is 4.79 Å². The maximum atomic E-state index is 11.9. The minimum atomic E-state index is -0.430. The van der Waals surface area contributed by atoms with E-state index in [4.69, 9.17) is 5.11 Å². The van der Waals surface area contributed by atoms with E-state index in [1.165, 1.54) is 4.90 Å². The van der Waals surface area contributed by atoms with E-state index in [-0.39, 0.29) is 17.4 Å². The number of thioether (sulfide) groups is 1. The largest absolute Gasteiger partial charge is 0.396 e. The predicted molar refractivity (Wildman–Crippen MR) is 90.0 cm³/mol. The standard InChI is InChI=1S/C16H26N2O2S/c1-15(2,3)21-13-8-6-12(7-9-13)17-14(20)18-16(4,5)10-11-19/h6-9,19H,10-11H2,1-5H3,(H2,17,18,20). The van der Waals surface area contributed by atoms with Crippen molar-refractivity contribution in [1.29, 1.82) is 0 Å². The molecular weight excluding hydrogens is 284 g/mol. The molecule has 3 N–H and O–H groups in total. The van der Waals surface area contributed by atoms with Crippen molar-refractivity contribution < 1.29 is 9.90 Å². The van der Waals surface area contributed by atoms with Crippen LogP contribution < -0.4 is 10.6 Å². The molecule has 0 unspecified atom stereocenters. The Morgan fingerprint density at radius 2 is 1.71 bits per heavy atom. The van der Waals surface area contributed by atoms with Gasteiger partial charge in [0.25, 0.3) is 0 Å². The minimum absolute atomic E-state index is 0.0476. The van der Waals surface area contributed by atoms with Crippen LogP contribution in [0.1, 0.15) is 41.0 Å². The lowest BCUT2D eigenvalue weighted by Gasteiger charge is -2.25. The first-order valence-corrected chi connectivity index (χ1v) is 7.92. The summed E-state index contributed by atoms with van der Waals surface area (Å²) in [7, 11) is 0. The molecule has 0 radical (unpaired) electrons. The highest BCUT2D eigenvalue weighted by Crippen LogP contribution is 2.32. The molecule has 5 heteroatoms. The lowest BCUT2D eigenvalue weighted by molar-refractivity contribution is 0.218. The Morgan fingerprint density at radius 1 is 1.14 bits per heavy atom. The Morgan fingerprint density at radius 3 is 2.19 bits per heavy atom. The summed E-state index contributed by atoms with van der Waals surface area (Å²) in [4.78, 5) is 13.1. The van der Waals surface area contributed by atoms with Crippen molar-refractivity contribution in [3.05, 3.63) is 24.3 Å². The summed E-state index contributed by atoms with van der Waals surface area (Å²) < 4.78 is 0.167. The van der Waals surface area contributed by atoms with Gasteiger partial charge in [0.2, 0.25) is 0 Å². The highest BCUT2D eigenvalue weighted by molar-refractivity contribution is 8.00. The number of amides is 2. The molecule has 4 nitrogen and oxygen atoms in total. The minimum Gasteiger partial charge on any atom is -0.396 e. The maximum Gasteiger partial charge on any atom is 0.319 e. The van der Waals surface area contributed by atoms with Gasteiger partial charge in [0.05, 0.1) is 0 Å². The van der Waals surface area contributed by atoms with Gasteiger partial charge in [-0.3, -0.25) is 0 Å². The van der Waals surface area contributed by atoms with Gasteiger partial charge in [-0.2, -0.15) is 0 Å². The molecule has 2 amide bonds. The Bertz CT molecular complexity index is 464. The first-order valence-electron chi connectivity index (χ1n) is 7.10. The van der Waals surface area contributed by atoms with Crippen LogP contribution in [0.2, 0.25) is 0 Å². The SMILES string of the molecule is CC(C)(CCO)NC(=O)Nc1ccc(SC(C)(C)C)cc1. The molecule has 1 aromatic carbocycles. The van der Waals surface area contributed by atoms with E-state index in [1.807, 2.05) is 38.1 Å². The lowest BCUT2D eigenvalue weighted by Crippen LogP contribution is -2.46. The van der Waals surface area contributed by atoms with Crippen LogP contribution in [0.25, 0.3) is 0 Å². The van der Waals surface area contributed by atoms with E-state index < -0.39 is 5.54 Å². The molecule has 0 bridgehead atoms. The smallest absolute Gasteiger partial charge is 0.319 e. The second kappa shape index (κ2) is 7.18. The number of carbonyl (C=O) groups is 1. The van der Waals surface area contributed by atoms with Crippen molar-refractivity contribution in [2.24, 2.45) is 0 Å². The number of aliphatic hydroxyl groups is 1. The van der Waals surface area contributed by atoms with Gasteiger partial charge in [-0.1, -0.05) is 20.8 Å². The third kappa shape index (κ3) is 7.39. The number of benzene rings is 1. The average molecular weight is 310 g/mol. The van der Waals surface area contributed by atoms with E-state index >= 15 is 0 Å². The molecular formula is C16H26N2O2S. The average Bonchev–Trinajstić information content (AvgIpc) is 2.28. The van der Waals surface area contributed by atoms with Crippen LogP contribution in [0.3, 0.4) is 0 Å². The molecule has 0 atom stereocenters. The third-order valence-corrected chi connectivity index (χ3v) is 3.85. The van der Waals surface area contributed by atoms with Crippen LogP contribution >= 0.6 is 11.8 Å². The van der Waals surface area contributed by atoms with Gasteiger partial charge < -0.3 is 15.7 Å². The molecule has 21 heavy (non-hydrogen) atoms. The zero-order valence-corrected chi connectivity index (χ0v) is 14.3. The highest BCUT2D eigenvalue weighted by Gasteiger charge is 2.19. The quantitative estimate of drug-likeness (QED) is 0.724. The Labute approximate surface area is 131 Å². The van der Waals surface area contributed by atoms with Crippen LogP contribution in [-0.4, -0.2) is 28.0 Å². The number of carbonyl (C=O) groups excluding carboxylic acids is 1. The van der Waals surface area contributed by atoms with Gasteiger partial charge in [0.1, 0.15) is 0 Å². The number of hydrogen-bond donors (Lipinski definition) is 3. The summed E-state index contributed by atoms with van der Waals surface area (Å²) in [5, 5.41) is 14.6. The molecule has 0 spiro atoms. The third-order valence-electron chi connectivity index (χ3n) is 2.72. The fraction of sp³-hybridized carbons (Fsp3) is 0.562. The van der Waals surface area contributed by atoms with Gasteiger partial charge in [0, 0.05) is 27.5 Å². The fourth-order valence-electron chi connectivity index (χ4n) is 1.77. The Hall–Kier alpha value is -1.20. The first-order chi connectivity index (χ1) is 9.61. The zero-order chi connectivity index (χ0) is 16.1. The summed E-state index contributed by atoms with van der Waals surface area (Å²) in [5.74, 6) is 0. The van der Waals surface area contributed by atoms with Gasteiger partial charge in [-0.25, -0.2) is 4.79 Å². The predicted octanol–water partition coefficient (Wildman–Crippen LogP) is 3.86. The van der Waals surface area contributed by atoms with E-state index in [0.717, 1.165) is 5.69 Å². The summed E-state index contributed by atoms with van der Waals surface area (Å²) in [5.41, 5.74) is 0.325. The molecule has 118 valence electrons. The van der Waals surface area contributed by atoms with E-state index in [2.05, 4.69) is 31.4 Å². The number of rotatable bonds is 5. The monoisotopic (exact) mass is 310 g/mol. The summed E-state index contributed by atoms with van der Waals surface area (Å²) >= 11 is 1.79. The van der Waals surface area contributed by atoms with Gasteiger partial charge in [0.15, 0.2) is 0 Å². The Kier molecular flexibility index (Phi) is 6.10. The second-order valence-corrected chi connectivity index (χ2v) is 8.58. The first kappa shape index (κ1) is 17.9. The van der Waals surface area contributed by atoms with Crippen molar-refractivity contribution in [1.82, 2.24) is 5.32 Å². The molecule has 0 aliphatic heterocycles. The van der Waals surface area contributed by atoms with Crippen molar-refractivity contribution in [3.8, 4) is 0 Å². The van der Waals surface area contributed by atoms with Crippen LogP contribution in [0, 0.1) is 0 Å². The molecule has 0 saturated carbocycles. The van der Waals surface area contributed by atoms with Gasteiger partial charge in [-0.15, -0.1) is 11.8 Å². The maximum absolute atomic E-state index is 11.9. The number of anilines is 1. The van der Waals surface area contributed by atoms with Crippen LogP contribution in [0.4, 0.5) is 10.5 Å². The molecule has 1 rings (SSSR count). The fourth-order valence-corrected chi connectivity index (χ4v) is 2.75. The van der Waals surface area contributed by atoms with Crippen LogP contribution in [0.15, 0.2) is 29.2 Å². The van der Waals surface area contributed by atoms with Crippen LogP contribution in [-0.2, 0) is 0 Å². The number of urea groups is 1. The molecule has 0 saturated heterocycles. The molecule has 0 fully saturated rings. The zero-order valence-electron chi connectivity index (χ0n) is 13.5. The van der Waals surface area contributed by atoms with Crippen LogP contribution in [0.5, 0.6) is 0 Å². The normalized spacial score (nSPS) is 12.1. The lowest BCUT2D eigenvalue weighted by atomic mass is 10.0. The molecule has 0 aromatic heterocycles.